The van der Waals surface area contributed by atoms with Gasteiger partial charge in [-0.05, 0) is 18.1 Å². The summed E-state index contributed by atoms with van der Waals surface area (Å²) in [5.41, 5.74) is 2.30. The van der Waals surface area contributed by atoms with Gasteiger partial charge in [-0.25, -0.2) is 0 Å². The summed E-state index contributed by atoms with van der Waals surface area (Å²) >= 11 is 0. The van der Waals surface area contributed by atoms with E-state index in [1.807, 2.05) is 25.1 Å². The molecule has 0 saturated heterocycles. The molecule has 100 valence electrons. The summed E-state index contributed by atoms with van der Waals surface area (Å²) in [4.78, 5) is 14.2. The normalized spacial score (nSPS) is 19.1. The first-order valence-electron chi connectivity index (χ1n) is 6.56. The molecule has 0 spiro atoms. The minimum Gasteiger partial charge on any atom is -0.344 e. The van der Waals surface area contributed by atoms with Crippen LogP contribution in [-0.2, 0) is 11.3 Å². The van der Waals surface area contributed by atoms with Crippen molar-refractivity contribution in [3.05, 3.63) is 35.4 Å². The van der Waals surface area contributed by atoms with Gasteiger partial charge in [0.05, 0.1) is 17.9 Å². The molecule has 0 bridgehead atoms. The Morgan fingerprint density at radius 2 is 2.32 bits per heavy atom. The van der Waals surface area contributed by atoms with Gasteiger partial charge in [0.1, 0.15) is 0 Å². The summed E-state index contributed by atoms with van der Waals surface area (Å²) in [6.45, 7) is 3.80. The first-order valence-corrected chi connectivity index (χ1v) is 6.56. The number of likely N-dealkylation sites (N-methyl/N-ethyl adjacent to an activating group) is 1. The number of carbonyl (C=O) groups is 1. The van der Waals surface area contributed by atoms with Crippen LogP contribution in [0.25, 0.3) is 0 Å². The Hall–Kier alpha value is -1.86. The van der Waals surface area contributed by atoms with Crippen molar-refractivity contribution in [1.29, 1.82) is 5.26 Å². The molecule has 4 nitrogen and oxygen atoms in total. The number of nitrogens with one attached hydrogen (secondary N) is 1. The minimum atomic E-state index is -0.138. The smallest absolute Gasteiger partial charge is 0.231 e. The van der Waals surface area contributed by atoms with E-state index in [-0.39, 0.29) is 17.7 Å². The molecular formula is C15H19N3O. The Kier molecular flexibility index (Phi) is 4.18. The van der Waals surface area contributed by atoms with Crippen molar-refractivity contribution in [2.75, 3.05) is 20.1 Å². The molecule has 0 radical (unpaired) electrons. The second kappa shape index (κ2) is 5.85. The van der Waals surface area contributed by atoms with Crippen LogP contribution in [0.3, 0.4) is 0 Å². The molecule has 4 heteroatoms. The second-order valence-corrected chi connectivity index (χ2v) is 5.13. The lowest BCUT2D eigenvalue weighted by atomic mass is 9.90. The van der Waals surface area contributed by atoms with E-state index >= 15 is 0 Å². The van der Waals surface area contributed by atoms with Crippen LogP contribution in [0.15, 0.2) is 24.3 Å². The van der Waals surface area contributed by atoms with E-state index in [1.54, 1.807) is 11.9 Å². The molecule has 1 heterocycles. The molecule has 0 fully saturated rings. The number of rotatable bonds is 3. The number of carbonyl (C=O) groups excluding carboxylic acids is 1. The van der Waals surface area contributed by atoms with Crippen molar-refractivity contribution in [1.82, 2.24) is 10.2 Å². The first-order chi connectivity index (χ1) is 9.13. The van der Waals surface area contributed by atoms with E-state index in [4.69, 9.17) is 5.26 Å². The summed E-state index contributed by atoms with van der Waals surface area (Å²) in [5.74, 6) is -0.191. The maximum atomic E-state index is 12.5. The average Bonchev–Trinajstić information content (AvgIpc) is 2.45. The van der Waals surface area contributed by atoms with Crippen LogP contribution in [0.1, 0.15) is 24.0 Å². The van der Waals surface area contributed by atoms with Gasteiger partial charge in [0.25, 0.3) is 0 Å². The molecule has 19 heavy (non-hydrogen) atoms. The van der Waals surface area contributed by atoms with Crippen molar-refractivity contribution in [3.63, 3.8) is 0 Å². The average molecular weight is 257 g/mol. The van der Waals surface area contributed by atoms with Gasteiger partial charge in [0, 0.05) is 26.7 Å². The maximum absolute atomic E-state index is 12.5. The molecule has 1 N–H and O–H groups in total. The van der Waals surface area contributed by atoms with Gasteiger partial charge >= 0.3 is 0 Å². The fraction of sp³-hybridized carbons (Fsp3) is 0.467. The molecule has 1 aromatic carbocycles. The lowest BCUT2D eigenvalue weighted by Crippen LogP contribution is -2.41. The van der Waals surface area contributed by atoms with Gasteiger partial charge in [0.15, 0.2) is 0 Å². The molecule has 2 unspecified atom stereocenters. The summed E-state index contributed by atoms with van der Waals surface area (Å²) < 4.78 is 0. The Morgan fingerprint density at radius 3 is 3.05 bits per heavy atom. The Balaban J connectivity index is 2.15. The van der Waals surface area contributed by atoms with Gasteiger partial charge in [-0.2, -0.15) is 5.26 Å². The van der Waals surface area contributed by atoms with Gasteiger partial charge in [0.2, 0.25) is 5.91 Å². The number of benzene rings is 1. The largest absolute Gasteiger partial charge is 0.344 e. The highest BCUT2D eigenvalue weighted by atomic mass is 16.2. The molecule has 1 aliphatic rings. The predicted octanol–water partition coefficient (Wildman–Crippen LogP) is 1.49. The third-order valence-electron chi connectivity index (χ3n) is 3.54. The predicted molar refractivity (Wildman–Crippen MR) is 73.3 cm³/mol. The van der Waals surface area contributed by atoms with Crippen molar-refractivity contribution >= 4 is 5.91 Å². The van der Waals surface area contributed by atoms with E-state index in [1.165, 1.54) is 5.56 Å². The molecule has 2 rings (SSSR count). The fourth-order valence-electron chi connectivity index (χ4n) is 2.52. The molecule has 0 aromatic heterocycles. The highest BCUT2D eigenvalue weighted by molar-refractivity contribution is 5.84. The van der Waals surface area contributed by atoms with Crippen LogP contribution in [0.2, 0.25) is 0 Å². The third-order valence-corrected chi connectivity index (χ3v) is 3.54. The van der Waals surface area contributed by atoms with E-state index < -0.39 is 0 Å². The van der Waals surface area contributed by atoms with Gasteiger partial charge in [-0.3, -0.25) is 4.79 Å². The summed E-state index contributed by atoms with van der Waals surface area (Å²) in [6, 6.07) is 10.2. The number of amides is 1. The van der Waals surface area contributed by atoms with Crippen LogP contribution in [-0.4, -0.2) is 30.9 Å². The Bertz CT molecular complexity index is 506. The zero-order valence-electron chi connectivity index (χ0n) is 11.4. The number of hydrogen-bond acceptors (Lipinski definition) is 3. The highest BCUT2D eigenvalue weighted by Gasteiger charge is 2.28. The van der Waals surface area contributed by atoms with Crippen LogP contribution >= 0.6 is 0 Å². The van der Waals surface area contributed by atoms with Crippen LogP contribution < -0.4 is 5.32 Å². The molecule has 1 aromatic rings. The Morgan fingerprint density at radius 1 is 1.58 bits per heavy atom. The zero-order valence-corrected chi connectivity index (χ0v) is 11.4. The molecule has 1 aliphatic heterocycles. The monoisotopic (exact) mass is 257 g/mol. The van der Waals surface area contributed by atoms with Crippen LogP contribution in [0, 0.1) is 17.2 Å². The van der Waals surface area contributed by atoms with Gasteiger partial charge < -0.3 is 10.2 Å². The molecule has 0 aliphatic carbocycles. The molecule has 2 atom stereocenters. The second-order valence-electron chi connectivity index (χ2n) is 5.13. The topological polar surface area (TPSA) is 56.1 Å². The van der Waals surface area contributed by atoms with Crippen molar-refractivity contribution < 1.29 is 4.79 Å². The lowest BCUT2D eigenvalue weighted by Gasteiger charge is -2.29. The highest BCUT2D eigenvalue weighted by Crippen LogP contribution is 2.25. The molecule has 0 saturated carbocycles. The van der Waals surface area contributed by atoms with Gasteiger partial charge in [-0.15, -0.1) is 0 Å². The summed E-state index contributed by atoms with van der Waals surface area (Å²) in [7, 11) is 1.77. The van der Waals surface area contributed by atoms with E-state index in [9.17, 15) is 4.79 Å². The molecule has 1 amide bonds. The lowest BCUT2D eigenvalue weighted by molar-refractivity contribution is -0.131. The van der Waals surface area contributed by atoms with E-state index in [2.05, 4.69) is 17.5 Å². The number of nitrogens with zero attached hydrogens (tertiary/aromatic N) is 2. The maximum Gasteiger partial charge on any atom is 0.231 e. The van der Waals surface area contributed by atoms with Crippen molar-refractivity contribution in [2.45, 2.75) is 19.4 Å². The van der Waals surface area contributed by atoms with Crippen molar-refractivity contribution in [3.8, 4) is 6.07 Å². The molecular weight excluding hydrogens is 238 g/mol. The quantitative estimate of drug-likeness (QED) is 0.892. The first kappa shape index (κ1) is 13.6. The summed E-state index contributed by atoms with van der Waals surface area (Å²) in [5, 5.41) is 12.1. The minimum absolute atomic E-state index is 0.0850. The number of nitriles is 1. The zero-order chi connectivity index (χ0) is 13.8. The third kappa shape index (κ3) is 2.94. The van der Waals surface area contributed by atoms with E-state index in [0.29, 0.717) is 13.1 Å². The van der Waals surface area contributed by atoms with E-state index in [0.717, 1.165) is 12.1 Å². The van der Waals surface area contributed by atoms with Crippen LogP contribution in [0.5, 0.6) is 0 Å². The number of hydrogen-bond donors (Lipinski definition) is 1. The Labute approximate surface area is 114 Å². The SMILES string of the molecule is CC(C#N)CN(C)C(=O)C1CNCc2ccccc21. The fourth-order valence-corrected chi connectivity index (χ4v) is 2.52. The standard InChI is InChI=1S/C15H19N3O/c1-11(7-16)10-18(2)15(19)14-9-17-8-12-5-3-4-6-13(12)14/h3-6,11,14,17H,8-10H2,1-2H3. The summed E-state index contributed by atoms with van der Waals surface area (Å²) in [6.07, 6.45) is 0. The van der Waals surface area contributed by atoms with Gasteiger partial charge in [-0.1, -0.05) is 24.3 Å². The van der Waals surface area contributed by atoms with Crippen molar-refractivity contribution in [2.24, 2.45) is 5.92 Å². The van der Waals surface area contributed by atoms with Crippen LogP contribution in [0.4, 0.5) is 0 Å². The number of fused-ring (bicyclic) bond motifs is 1.